The number of hydrogen-bond acceptors (Lipinski definition) is 3. The first-order valence-electron chi connectivity index (χ1n) is 7.20. The van der Waals surface area contributed by atoms with E-state index in [1.165, 1.54) is 5.56 Å². The number of nitrogens with one attached hydrogen (secondary N) is 1. The lowest BCUT2D eigenvalue weighted by molar-refractivity contribution is 0.414. The molecule has 3 nitrogen and oxygen atoms in total. The third-order valence-corrected chi connectivity index (χ3v) is 3.77. The fraction of sp³-hybridized carbons (Fsp3) is 0.333. The van der Waals surface area contributed by atoms with Gasteiger partial charge in [-0.2, -0.15) is 0 Å². The smallest absolute Gasteiger partial charge is 0.120 e. The predicted octanol–water partition coefficient (Wildman–Crippen LogP) is 4.12. The molecule has 0 aliphatic carbocycles. The molecule has 0 aliphatic rings. The van der Waals surface area contributed by atoms with Gasteiger partial charge in [0.05, 0.1) is 7.11 Å². The third-order valence-electron chi connectivity index (χ3n) is 3.77. The number of aromatic hydroxyl groups is 1. The van der Waals surface area contributed by atoms with Crippen LogP contribution in [0.1, 0.15) is 42.6 Å². The molecule has 2 unspecified atom stereocenters. The number of aryl methyl sites for hydroxylation is 1. The van der Waals surface area contributed by atoms with E-state index in [1.54, 1.807) is 13.2 Å². The number of phenols is 1. The second-order valence-electron chi connectivity index (χ2n) is 5.45. The van der Waals surface area contributed by atoms with E-state index in [0.29, 0.717) is 5.75 Å². The largest absolute Gasteiger partial charge is 0.508 e. The van der Waals surface area contributed by atoms with E-state index in [4.69, 9.17) is 4.74 Å². The number of hydrogen-bond donors (Lipinski definition) is 2. The molecular formula is C18H23NO2. The van der Waals surface area contributed by atoms with E-state index >= 15 is 0 Å². The van der Waals surface area contributed by atoms with Crippen LogP contribution in [0.5, 0.6) is 11.5 Å². The van der Waals surface area contributed by atoms with Crippen LogP contribution in [0.3, 0.4) is 0 Å². The summed E-state index contributed by atoms with van der Waals surface area (Å²) in [5, 5.41) is 13.6. The first kappa shape index (κ1) is 15.4. The molecule has 2 aromatic carbocycles. The molecule has 0 saturated heterocycles. The van der Waals surface area contributed by atoms with Crippen molar-refractivity contribution in [3.8, 4) is 11.5 Å². The SMILES string of the molecule is COc1ccc(C(C)NC(C)c2ccc(C)cc2O)cc1. The van der Waals surface area contributed by atoms with Crippen LogP contribution in [0.2, 0.25) is 0 Å². The van der Waals surface area contributed by atoms with Crippen LogP contribution >= 0.6 is 0 Å². The summed E-state index contributed by atoms with van der Waals surface area (Å²) in [5.74, 6) is 1.20. The Balaban J connectivity index is 2.08. The van der Waals surface area contributed by atoms with Gasteiger partial charge >= 0.3 is 0 Å². The summed E-state index contributed by atoms with van der Waals surface area (Å²) in [6.45, 7) is 6.15. The summed E-state index contributed by atoms with van der Waals surface area (Å²) in [5.41, 5.74) is 3.17. The van der Waals surface area contributed by atoms with E-state index in [9.17, 15) is 5.11 Å². The van der Waals surface area contributed by atoms with Gasteiger partial charge in [-0.25, -0.2) is 0 Å². The molecule has 0 fully saturated rings. The zero-order valence-electron chi connectivity index (χ0n) is 13.1. The van der Waals surface area contributed by atoms with Crippen molar-refractivity contribution in [2.45, 2.75) is 32.9 Å². The summed E-state index contributed by atoms with van der Waals surface area (Å²) in [7, 11) is 1.67. The van der Waals surface area contributed by atoms with Crippen LogP contribution in [-0.2, 0) is 0 Å². The Morgan fingerprint density at radius 2 is 1.67 bits per heavy atom. The maximum atomic E-state index is 10.1. The molecule has 0 bridgehead atoms. The highest BCUT2D eigenvalue weighted by molar-refractivity contribution is 5.38. The fourth-order valence-corrected chi connectivity index (χ4v) is 2.47. The van der Waals surface area contributed by atoms with Crippen LogP contribution in [0.4, 0.5) is 0 Å². The number of methoxy groups -OCH3 is 1. The molecule has 0 spiro atoms. The molecule has 21 heavy (non-hydrogen) atoms. The minimum atomic E-state index is 0.0719. The Morgan fingerprint density at radius 3 is 2.24 bits per heavy atom. The van der Waals surface area contributed by atoms with Crippen LogP contribution in [0.15, 0.2) is 42.5 Å². The van der Waals surface area contributed by atoms with Crippen molar-refractivity contribution < 1.29 is 9.84 Å². The molecule has 0 aliphatic heterocycles. The first-order valence-corrected chi connectivity index (χ1v) is 7.20. The van der Waals surface area contributed by atoms with Gasteiger partial charge in [0.25, 0.3) is 0 Å². The minimum absolute atomic E-state index is 0.0719. The predicted molar refractivity (Wildman–Crippen MR) is 85.8 cm³/mol. The van der Waals surface area contributed by atoms with E-state index in [-0.39, 0.29) is 12.1 Å². The second-order valence-corrected chi connectivity index (χ2v) is 5.45. The molecule has 0 radical (unpaired) electrons. The molecule has 112 valence electrons. The van der Waals surface area contributed by atoms with Gasteiger partial charge in [-0.1, -0.05) is 24.3 Å². The fourth-order valence-electron chi connectivity index (χ4n) is 2.47. The summed E-state index contributed by atoms with van der Waals surface area (Å²) >= 11 is 0. The van der Waals surface area contributed by atoms with Crippen molar-refractivity contribution in [1.29, 1.82) is 0 Å². The second kappa shape index (κ2) is 6.64. The molecular weight excluding hydrogens is 262 g/mol. The molecule has 0 aromatic heterocycles. The Labute approximate surface area is 126 Å². The van der Waals surface area contributed by atoms with Gasteiger partial charge in [0.1, 0.15) is 11.5 Å². The average molecular weight is 285 g/mol. The van der Waals surface area contributed by atoms with Gasteiger partial charge < -0.3 is 15.2 Å². The highest BCUT2D eigenvalue weighted by atomic mass is 16.5. The molecule has 0 saturated carbocycles. The molecule has 2 atom stereocenters. The van der Waals surface area contributed by atoms with E-state index in [1.807, 2.05) is 31.2 Å². The quantitative estimate of drug-likeness (QED) is 0.868. The van der Waals surface area contributed by atoms with Crippen molar-refractivity contribution in [1.82, 2.24) is 5.32 Å². The van der Waals surface area contributed by atoms with Crippen molar-refractivity contribution in [3.05, 3.63) is 59.2 Å². The summed E-state index contributed by atoms with van der Waals surface area (Å²) in [6, 6.07) is 14.1. The summed E-state index contributed by atoms with van der Waals surface area (Å²) < 4.78 is 5.17. The molecule has 3 heteroatoms. The number of ether oxygens (including phenoxy) is 1. The average Bonchev–Trinajstić information content (AvgIpc) is 2.47. The van der Waals surface area contributed by atoms with Crippen LogP contribution in [0, 0.1) is 6.92 Å². The van der Waals surface area contributed by atoms with Gasteiger partial charge in [-0.15, -0.1) is 0 Å². The molecule has 2 N–H and O–H groups in total. The molecule has 2 rings (SSSR count). The van der Waals surface area contributed by atoms with E-state index in [0.717, 1.165) is 16.9 Å². The molecule has 2 aromatic rings. The Hall–Kier alpha value is -2.00. The monoisotopic (exact) mass is 285 g/mol. The maximum Gasteiger partial charge on any atom is 0.120 e. The van der Waals surface area contributed by atoms with Gasteiger partial charge in [0.15, 0.2) is 0 Å². The Morgan fingerprint density at radius 1 is 1.00 bits per heavy atom. The Kier molecular flexibility index (Phi) is 4.86. The van der Waals surface area contributed by atoms with Gasteiger partial charge in [0, 0.05) is 17.6 Å². The summed E-state index contributed by atoms with van der Waals surface area (Å²) in [6.07, 6.45) is 0. The topological polar surface area (TPSA) is 41.5 Å². The summed E-state index contributed by atoms with van der Waals surface area (Å²) in [4.78, 5) is 0. The van der Waals surface area contributed by atoms with Crippen LogP contribution < -0.4 is 10.1 Å². The molecule has 0 amide bonds. The van der Waals surface area contributed by atoms with Crippen molar-refractivity contribution in [3.63, 3.8) is 0 Å². The third kappa shape index (κ3) is 3.76. The lowest BCUT2D eigenvalue weighted by Crippen LogP contribution is -2.22. The normalized spacial score (nSPS) is 13.7. The highest BCUT2D eigenvalue weighted by Crippen LogP contribution is 2.27. The van der Waals surface area contributed by atoms with Crippen LogP contribution in [0.25, 0.3) is 0 Å². The highest BCUT2D eigenvalue weighted by Gasteiger charge is 2.14. The number of rotatable bonds is 5. The van der Waals surface area contributed by atoms with E-state index < -0.39 is 0 Å². The van der Waals surface area contributed by atoms with Gasteiger partial charge in [-0.3, -0.25) is 0 Å². The van der Waals surface area contributed by atoms with Gasteiger partial charge in [0.2, 0.25) is 0 Å². The lowest BCUT2D eigenvalue weighted by Gasteiger charge is -2.22. The maximum absolute atomic E-state index is 10.1. The zero-order valence-corrected chi connectivity index (χ0v) is 13.1. The Bertz CT molecular complexity index is 593. The van der Waals surface area contributed by atoms with Crippen molar-refractivity contribution >= 4 is 0 Å². The van der Waals surface area contributed by atoms with Crippen molar-refractivity contribution in [2.75, 3.05) is 7.11 Å². The van der Waals surface area contributed by atoms with E-state index in [2.05, 4.69) is 31.3 Å². The molecule has 0 heterocycles. The van der Waals surface area contributed by atoms with Crippen molar-refractivity contribution in [2.24, 2.45) is 0 Å². The zero-order chi connectivity index (χ0) is 15.4. The van der Waals surface area contributed by atoms with Crippen LogP contribution in [-0.4, -0.2) is 12.2 Å². The minimum Gasteiger partial charge on any atom is -0.508 e. The number of phenolic OH excluding ortho intramolecular Hbond substituents is 1. The van der Waals surface area contributed by atoms with Gasteiger partial charge in [-0.05, 0) is 50.1 Å². The standard InChI is InChI=1S/C18H23NO2/c1-12-5-10-17(18(20)11-12)14(3)19-13(2)15-6-8-16(21-4)9-7-15/h5-11,13-14,19-20H,1-4H3. The lowest BCUT2D eigenvalue weighted by atomic mass is 10.0. The number of benzene rings is 2. The first-order chi connectivity index (χ1) is 10.0.